The van der Waals surface area contributed by atoms with Crippen LogP contribution in [-0.4, -0.2) is 7.11 Å². The lowest BCUT2D eigenvalue weighted by Gasteiger charge is -2.17. The molecule has 1 aromatic heterocycles. The van der Waals surface area contributed by atoms with Crippen molar-refractivity contribution < 1.29 is 9.30 Å². The minimum absolute atomic E-state index is 0.881. The number of pyridine rings is 1. The van der Waals surface area contributed by atoms with Crippen LogP contribution in [0.3, 0.4) is 0 Å². The number of fused-ring (bicyclic) bond motifs is 3. The van der Waals surface area contributed by atoms with Crippen molar-refractivity contribution in [3.05, 3.63) is 114 Å². The fraction of sp³-hybridized carbons (Fsp3) is 0.0938. The Morgan fingerprint density at radius 1 is 0.647 bits per heavy atom. The molecule has 0 radical (unpaired) electrons. The summed E-state index contributed by atoms with van der Waals surface area (Å²) in [5.74, 6) is 0.881. The molecule has 0 saturated carbocycles. The zero-order valence-electron chi connectivity index (χ0n) is 19.7. The summed E-state index contributed by atoms with van der Waals surface area (Å²) in [4.78, 5) is 0. The molecule has 34 heavy (non-hydrogen) atoms. The molecule has 0 aliphatic carbocycles. The second kappa shape index (κ2) is 8.00. The van der Waals surface area contributed by atoms with Crippen LogP contribution in [0.5, 0.6) is 5.75 Å². The predicted octanol–water partition coefficient (Wildman–Crippen LogP) is 7.72. The average Bonchev–Trinajstić information content (AvgIpc) is 2.87. The van der Waals surface area contributed by atoms with E-state index < -0.39 is 0 Å². The van der Waals surface area contributed by atoms with Gasteiger partial charge in [0.2, 0.25) is 16.7 Å². The Labute approximate surface area is 199 Å². The second-order valence-electron chi connectivity index (χ2n) is 8.90. The van der Waals surface area contributed by atoms with Crippen molar-refractivity contribution in [2.24, 2.45) is 0 Å². The number of para-hydroxylation sites is 1. The fourth-order valence-electron chi connectivity index (χ4n) is 5.40. The van der Waals surface area contributed by atoms with E-state index in [0.717, 1.165) is 22.3 Å². The number of benzene rings is 5. The molecule has 5 aromatic carbocycles. The molecule has 6 aromatic rings. The predicted molar refractivity (Wildman–Crippen MR) is 142 cm³/mol. The molecule has 164 valence electrons. The molecule has 0 N–H and O–H groups in total. The van der Waals surface area contributed by atoms with E-state index in [9.17, 15) is 0 Å². The van der Waals surface area contributed by atoms with Crippen molar-refractivity contribution >= 4 is 32.6 Å². The molecular formula is C32H26NO+. The normalized spacial score (nSPS) is 11.4. The smallest absolute Gasteiger partial charge is 0.223 e. The quantitative estimate of drug-likeness (QED) is 0.203. The maximum Gasteiger partial charge on any atom is 0.223 e. The zero-order chi connectivity index (χ0) is 23.2. The summed E-state index contributed by atoms with van der Waals surface area (Å²) in [6.45, 7) is 4.40. The fourth-order valence-corrected chi connectivity index (χ4v) is 5.40. The van der Waals surface area contributed by atoms with Crippen LogP contribution in [0.15, 0.2) is 103 Å². The van der Waals surface area contributed by atoms with Crippen molar-refractivity contribution in [2.45, 2.75) is 13.8 Å². The summed E-state index contributed by atoms with van der Waals surface area (Å²) in [7, 11) is 1.76. The Balaban J connectivity index is 1.94. The molecule has 0 unspecified atom stereocenters. The van der Waals surface area contributed by atoms with Gasteiger partial charge in [-0.25, -0.2) is 0 Å². The zero-order valence-corrected chi connectivity index (χ0v) is 19.7. The maximum atomic E-state index is 5.99. The van der Waals surface area contributed by atoms with Crippen molar-refractivity contribution in [3.63, 3.8) is 0 Å². The third-order valence-electron chi connectivity index (χ3n) is 6.74. The molecule has 0 bridgehead atoms. The summed E-state index contributed by atoms with van der Waals surface area (Å²) in [5.41, 5.74) is 8.43. The lowest BCUT2D eigenvalue weighted by molar-refractivity contribution is -0.538. The van der Waals surface area contributed by atoms with E-state index in [2.05, 4.69) is 122 Å². The number of aromatic nitrogens is 1. The Hall–Kier alpha value is -4.17. The van der Waals surface area contributed by atoms with Crippen LogP contribution in [0.25, 0.3) is 49.4 Å². The van der Waals surface area contributed by atoms with Crippen LogP contribution >= 0.6 is 0 Å². The topological polar surface area (TPSA) is 13.1 Å². The largest absolute Gasteiger partial charge is 0.496 e. The minimum atomic E-state index is 0.881. The van der Waals surface area contributed by atoms with Crippen LogP contribution in [-0.2, 0) is 0 Å². The molecule has 0 spiro atoms. The molecule has 2 heteroatoms. The van der Waals surface area contributed by atoms with Crippen LogP contribution < -0.4 is 9.30 Å². The monoisotopic (exact) mass is 440 g/mol. The van der Waals surface area contributed by atoms with E-state index in [-0.39, 0.29) is 0 Å². The average molecular weight is 441 g/mol. The van der Waals surface area contributed by atoms with Gasteiger partial charge in [0.05, 0.1) is 17.9 Å². The van der Waals surface area contributed by atoms with Crippen molar-refractivity contribution in [1.82, 2.24) is 0 Å². The van der Waals surface area contributed by atoms with Crippen LogP contribution in [0, 0.1) is 13.8 Å². The number of methoxy groups -OCH3 is 1. The van der Waals surface area contributed by atoms with Crippen LogP contribution in [0.1, 0.15) is 11.1 Å². The molecular weight excluding hydrogens is 414 g/mol. The third kappa shape index (κ3) is 3.07. The van der Waals surface area contributed by atoms with E-state index in [0.29, 0.717) is 0 Å². The van der Waals surface area contributed by atoms with Gasteiger partial charge in [0, 0.05) is 29.8 Å². The van der Waals surface area contributed by atoms with Gasteiger partial charge in [-0.1, -0.05) is 72.8 Å². The van der Waals surface area contributed by atoms with Crippen LogP contribution in [0.2, 0.25) is 0 Å². The highest BCUT2D eigenvalue weighted by Gasteiger charge is 2.27. The molecule has 0 fully saturated rings. The Bertz CT molecular complexity index is 1690. The first-order valence-electron chi connectivity index (χ1n) is 11.7. The van der Waals surface area contributed by atoms with Crippen molar-refractivity contribution in [3.8, 4) is 22.6 Å². The molecule has 6 rings (SSSR count). The summed E-state index contributed by atoms with van der Waals surface area (Å²) in [6.07, 6.45) is 0. The first kappa shape index (κ1) is 20.4. The number of hydrogen-bond acceptors (Lipinski definition) is 1. The maximum absolute atomic E-state index is 5.99. The van der Waals surface area contributed by atoms with Gasteiger partial charge in [0.25, 0.3) is 0 Å². The lowest BCUT2D eigenvalue weighted by Crippen LogP contribution is -2.33. The highest BCUT2D eigenvalue weighted by molar-refractivity contribution is 6.15. The van der Waals surface area contributed by atoms with E-state index in [1.54, 1.807) is 7.11 Å². The van der Waals surface area contributed by atoms with Gasteiger partial charge in [0.15, 0.2) is 0 Å². The Kier molecular flexibility index (Phi) is 4.81. The van der Waals surface area contributed by atoms with Gasteiger partial charge in [-0.2, -0.15) is 4.57 Å². The second-order valence-corrected chi connectivity index (χ2v) is 8.90. The summed E-state index contributed by atoms with van der Waals surface area (Å²) >= 11 is 0. The number of nitrogens with zero attached hydrogens (tertiary/aromatic N) is 1. The van der Waals surface area contributed by atoms with Gasteiger partial charge >= 0.3 is 0 Å². The SMILES string of the molecule is COc1cccc2c1c(-c1cccc3ccccc13)c1c(C)cc(C)cc1[n+]2-c1ccccc1. The molecule has 0 atom stereocenters. The van der Waals surface area contributed by atoms with Crippen LogP contribution in [0.4, 0.5) is 0 Å². The van der Waals surface area contributed by atoms with Crippen molar-refractivity contribution in [1.29, 1.82) is 0 Å². The van der Waals surface area contributed by atoms with Crippen molar-refractivity contribution in [2.75, 3.05) is 7.11 Å². The summed E-state index contributed by atoms with van der Waals surface area (Å²) in [5, 5.41) is 4.86. The molecule has 1 heterocycles. The van der Waals surface area contributed by atoms with Gasteiger partial charge in [-0.3, -0.25) is 0 Å². The molecule has 0 saturated heterocycles. The number of aryl methyl sites for hydroxylation is 2. The lowest BCUT2D eigenvalue weighted by atomic mass is 9.89. The van der Waals surface area contributed by atoms with E-state index in [4.69, 9.17) is 4.74 Å². The van der Waals surface area contributed by atoms with Gasteiger partial charge in [-0.15, -0.1) is 0 Å². The molecule has 0 amide bonds. The van der Waals surface area contributed by atoms with E-state index in [1.807, 2.05) is 0 Å². The highest BCUT2D eigenvalue weighted by Crippen LogP contribution is 2.43. The minimum Gasteiger partial charge on any atom is -0.496 e. The first-order chi connectivity index (χ1) is 16.7. The Morgan fingerprint density at radius 3 is 2.21 bits per heavy atom. The number of rotatable bonds is 3. The first-order valence-corrected chi connectivity index (χ1v) is 11.7. The molecule has 0 aliphatic rings. The standard InChI is InChI=1S/C32H26NO/c1-21-19-22(2)30-28(20-21)33(24-13-5-4-6-14-24)27-17-10-18-29(34-3)32(27)31(30)26-16-9-12-23-11-7-8-15-25(23)26/h4-20H,1-3H3/q+1. The highest BCUT2D eigenvalue weighted by atomic mass is 16.5. The van der Waals surface area contributed by atoms with Gasteiger partial charge < -0.3 is 4.74 Å². The van der Waals surface area contributed by atoms with E-state index in [1.165, 1.54) is 43.9 Å². The third-order valence-corrected chi connectivity index (χ3v) is 6.74. The van der Waals surface area contributed by atoms with Gasteiger partial charge in [0.1, 0.15) is 5.75 Å². The molecule has 0 aliphatic heterocycles. The van der Waals surface area contributed by atoms with Gasteiger partial charge in [-0.05, 0) is 47.4 Å². The number of ether oxygens (including phenoxy) is 1. The Morgan fingerprint density at radius 2 is 1.38 bits per heavy atom. The summed E-state index contributed by atoms with van der Waals surface area (Å²) < 4.78 is 8.37. The van der Waals surface area contributed by atoms with E-state index >= 15 is 0 Å². The summed E-state index contributed by atoms with van der Waals surface area (Å²) in [6, 6.07) is 36.8. The molecule has 2 nitrogen and oxygen atoms in total. The number of hydrogen-bond donors (Lipinski definition) is 0.